The Hall–Kier alpha value is -0.900. The fourth-order valence-corrected chi connectivity index (χ4v) is 2.84. The Morgan fingerprint density at radius 3 is 3.14 bits per heavy atom. The summed E-state index contributed by atoms with van der Waals surface area (Å²) in [7, 11) is 0. The summed E-state index contributed by atoms with van der Waals surface area (Å²) in [6, 6.07) is 4.22. The van der Waals surface area contributed by atoms with Gasteiger partial charge < -0.3 is 11.1 Å². The maximum atomic E-state index is 5.68. The molecule has 0 amide bonds. The van der Waals surface area contributed by atoms with Crippen LogP contribution in [0.5, 0.6) is 0 Å². The zero-order chi connectivity index (χ0) is 9.97. The molecule has 1 fully saturated rings. The van der Waals surface area contributed by atoms with Crippen LogP contribution in [0.3, 0.4) is 0 Å². The van der Waals surface area contributed by atoms with Crippen LogP contribution in [0.25, 0.3) is 0 Å². The van der Waals surface area contributed by atoms with Crippen molar-refractivity contribution in [3.05, 3.63) is 18.3 Å². The van der Waals surface area contributed by atoms with Crippen molar-refractivity contribution in [2.45, 2.75) is 24.6 Å². The lowest BCUT2D eigenvalue weighted by Gasteiger charge is -2.16. The summed E-state index contributed by atoms with van der Waals surface area (Å²) in [5.41, 5.74) is 6.45. The van der Waals surface area contributed by atoms with Crippen molar-refractivity contribution in [3.8, 4) is 0 Å². The van der Waals surface area contributed by atoms with Crippen LogP contribution in [0.2, 0.25) is 0 Å². The highest BCUT2D eigenvalue weighted by Crippen LogP contribution is 2.28. The van der Waals surface area contributed by atoms with E-state index in [1.54, 1.807) is 12.3 Å². The molecule has 1 aliphatic rings. The summed E-state index contributed by atoms with van der Waals surface area (Å²) in [6.07, 6.45) is 2.95. The molecule has 0 aliphatic carbocycles. The first-order valence-electron chi connectivity index (χ1n) is 4.85. The van der Waals surface area contributed by atoms with Crippen LogP contribution in [0.15, 0.2) is 18.3 Å². The van der Waals surface area contributed by atoms with Gasteiger partial charge >= 0.3 is 0 Å². The van der Waals surface area contributed by atoms with Crippen molar-refractivity contribution >= 4 is 23.3 Å². The monoisotopic (exact) mass is 209 g/mol. The summed E-state index contributed by atoms with van der Waals surface area (Å²) in [5, 5.41) is 4.08. The van der Waals surface area contributed by atoms with Crippen molar-refractivity contribution in [2.75, 3.05) is 16.8 Å². The second-order valence-corrected chi connectivity index (χ2v) is 5.07. The Morgan fingerprint density at radius 2 is 2.50 bits per heavy atom. The topological polar surface area (TPSA) is 50.9 Å². The molecule has 0 aromatic carbocycles. The molecule has 2 unspecified atom stereocenters. The molecule has 1 saturated heterocycles. The highest BCUT2D eigenvalue weighted by Gasteiger charge is 2.23. The summed E-state index contributed by atoms with van der Waals surface area (Å²) >= 11 is 2.01. The highest BCUT2D eigenvalue weighted by molar-refractivity contribution is 8.00. The largest absolute Gasteiger partial charge is 0.399 e. The van der Waals surface area contributed by atoms with Gasteiger partial charge in [0.1, 0.15) is 5.82 Å². The van der Waals surface area contributed by atoms with E-state index in [0.717, 1.165) is 11.5 Å². The number of thioether (sulfide) groups is 1. The third-order valence-electron chi connectivity index (χ3n) is 2.49. The van der Waals surface area contributed by atoms with Crippen molar-refractivity contribution in [3.63, 3.8) is 0 Å². The normalized spacial score (nSPS) is 26.4. The van der Waals surface area contributed by atoms with Gasteiger partial charge in [-0.1, -0.05) is 6.92 Å². The Kier molecular flexibility index (Phi) is 2.82. The number of nitrogens with zero attached hydrogens (tertiary/aromatic N) is 1. The van der Waals surface area contributed by atoms with Crippen LogP contribution in [-0.2, 0) is 0 Å². The van der Waals surface area contributed by atoms with Gasteiger partial charge in [-0.3, -0.25) is 0 Å². The molecule has 0 bridgehead atoms. The van der Waals surface area contributed by atoms with Gasteiger partial charge in [-0.25, -0.2) is 4.98 Å². The number of hydrogen-bond acceptors (Lipinski definition) is 4. The minimum atomic E-state index is 0.536. The van der Waals surface area contributed by atoms with Gasteiger partial charge in [-0.05, 0) is 18.2 Å². The first kappa shape index (κ1) is 9.65. The van der Waals surface area contributed by atoms with E-state index in [0.29, 0.717) is 11.3 Å². The molecular weight excluding hydrogens is 194 g/mol. The molecule has 0 radical (unpaired) electrons. The molecule has 3 nitrogen and oxygen atoms in total. The van der Waals surface area contributed by atoms with E-state index < -0.39 is 0 Å². The molecule has 1 aliphatic heterocycles. The zero-order valence-electron chi connectivity index (χ0n) is 8.23. The predicted octanol–water partition coefficient (Wildman–Crippen LogP) is 1.97. The third kappa shape index (κ3) is 2.12. The van der Waals surface area contributed by atoms with Gasteiger partial charge in [0.2, 0.25) is 0 Å². The van der Waals surface area contributed by atoms with E-state index in [-0.39, 0.29) is 0 Å². The van der Waals surface area contributed by atoms with Crippen molar-refractivity contribution in [1.29, 1.82) is 0 Å². The number of nitrogen functional groups attached to an aromatic ring is 1. The van der Waals surface area contributed by atoms with E-state index in [9.17, 15) is 0 Å². The van der Waals surface area contributed by atoms with Gasteiger partial charge in [0.15, 0.2) is 0 Å². The van der Waals surface area contributed by atoms with Crippen molar-refractivity contribution in [1.82, 2.24) is 4.98 Å². The van der Waals surface area contributed by atoms with E-state index in [1.807, 2.05) is 17.8 Å². The molecule has 1 aromatic heterocycles. The van der Waals surface area contributed by atoms with E-state index in [2.05, 4.69) is 17.2 Å². The first-order valence-corrected chi connectivity index (χ1v) is 5.90. The Labute approximate surface area is 88.5 Å². The molecule has 0 spiro atoms. The number of rotatable bonds is 2. The van der Waals surface area contributed by atoms with Gasteiger partial charge in [0.05, 0.1) is 0 Å². The molecule has 3 N–H and O–H groups in total. The Morgan fingerprint density at radius 1 is 1.64 bits per heavy atom. The number of nitrogens with one attached hydrogen (secondary N) is 1. The maximum Gasteiger partial charge on any atom is 0.128 e. The summed E-state index contributed by atoms with van der Waals surface area (Å²) in [6.45, 7) is 2.25. The van der Waals surface area contributed by atoms with E-state index in [4.69, 9.17) is 5.73 Å². The molecule has 14 heavy (non-hydrogen) atoms. The average Bonchev–Trinajstić information content (AvgIpc) is 2.52. The van der Waals surface area contributed by atoms with Crippen LogP contribution in [0.4, 0.5) is 11.5 Å². The Bertz CT molecular complexity index is 316. The van der Waals surface area contributed by atoms with Crippen molar-refractivity contribution in [2.24, 2.45) is 0 Å². The third-order valence-corrected chi connectivity index (χ3v) is 3.82. The van der Waals surface area contributed by atoms with E-state index in [1.165, 1.54) is 12.2 Å². The van der Waals surface area contributed by atoms with Crippen LogP contribution < -0.4 is 11.1 Å². The zero-order valence-corrected chi connectivity index (χ0v) is 9.05. The standard InChI is InChI=1S/C10H15N3S/c1-7-9(3-5-14-7)13-10-6-8(11)2-4-12-10/h2,4,6-7,9H,3,5H2,1H3,(H3,11,12,13). The lowest BCUT2D eigenvalue weighted by Crippen LogP contribution is -2.25. The van der Waals surface area contributed by atoms with Crippen LogP contribution in [0, 0.1) is 0 Å². The summed E-state index contributed by atoms with van der Waals surface area (Å²) in [4.78, 5) is 4.24. The number of nitrogens with two attached hydrogens (primary N) is 1. The second-order valence-electron chi connectivity index (χ2n) is 3.59. The van der Waals surface area contributed by atoms with Gasteiger partial charge in [0, 0.05) is 29.2 Å². The predicted molar refractivity (Wildman–Crippen MR) is 62.6 cm³/mol. The van der Waals surface area contributed by atoms with Crippen LogP contribution >= 0.6 is 11.8 Å². The molecule has 2 heterocycles. The highest BCUT2D eigenvalue weighted by atomic mass is 32.2. The van der Waals surface area contributed by atoms with Gasteiger partial charge in [0.25, 0.3) is 0 Å². The smallest absolute Gasteiger partial charge is 0.128 e. The van der Waals surface area contributed by atoms with Gasteiger partial charge in [-0.2, -0.15) is 11.8 Å². The molecule has 0 saturated carbocycles. The van der Waals surface area contributed by atoms with E-state index >= 15 is 0 Å². The average molecular weight is 209 g/mol. The SMILES string of the molecule is CC1SCCC1Nc1cc(N)ccn1. The molecule has 4 heteroatoms. The van der Waals surface area contributed by atoms with Crippen molar-refractivity contribution < 1.29 is 0 Å². The lowest BCUT2D eigenvalue weighted by atomic mass is 10.2. The quantitative estimate of drug-likeness (QED) is 0.782. The van der Waals surface area contributed by atoms with Crippen LogP contribution in [0.1, 0.15) is 13.3 Å². The molecular formula is C10H15N3S. The fraction of sp³-hybridized carbons (Fsp3) is 0.500. The number of aromatic nitrogens is 1. The molecule has 2 atom stereocenters. The molecule has 2 rings (SSSR count). The lowest BCUT2D eigenvalue weighted by molar-refractivity contribution is 0.720. The van der Waals surface area contributed by atoms with Crippen LogP contribution in [-0.4, -0.2) is 22.0 Å². The fourth-order valence-electron chi connectivity index (χ4n) is 1.64. The minimum Gasteiger partial charge on any atom is -0.399 e. The second kappa shape index (κ2) is 4.09. The number of hydrogen-bond donors (Lipinski definition) is 2. The minimum absolute atomic E-state index is 0.536. The Balaban J connectivity index is 2.03. The van der Waals surface area contributed by atoms with Gasteiger partial charge in [-0.15, -0.1) is 0 Å². The maximum absolute atomic E-state index is 5.68. The first-order chi connectivity index (χ1) is 6.75. The number of anilines is 2. The summed E-state index contributed by atoms with van der Waals surface area (Å²) in [5.74, 6) is 2.13. The molecule has 76 valence electrons. The molecule has 1 aromatic rings. The summed E-state index contributed by atoms with van der Waals surface area (Å²) < 4.78 is 0. The number of pyridine rings is 1.